The highest BCUT2D eigenvalue weighted by molar-refractivity contribution is 5.93. The quantitative estimate of drug-likeness (QED) is 0.612. The van der Waals surface area contributed by atoms with Gasteiger partial charge in [-0.05, 0) is 61.6 Å². The van der Waals surface area contributed by atoms with Crippen LogP contribution in [0, 0.1) is 17.8 Å². The van der Waals surface area contributed by atoms with Gasteiger partial charge in [0.05, 0.1) is 35.8 Å². The standard InChI is InChI=1S/C23H29N5O2.CH2O2/c29-23(17-6-8-25-26-11-17)27-21-9-18-12-28(14-20-3-1-2-7-24-20)13-19(18)10-22(21)30-15-16-4-5-16;2-1-3/h1-3,6-8,11,16,18-19,21-22H,4-5,9-10,12-15H2,(H,27,29);1H,(H,2,3)/t18-,19+,21-,22-;/m0./s1. The fourth-order valence-corrected chi connectivity index (χ4v) is 4.92. The summed E-state index contributed by atoms with van der Waals surface area (Å²) in [4.78, 5) is 28.1. The van der Waals surface area contributed by atoms with Gasteiger partial charge in [0.2, 0.25) is 0 Å². The van der Waals surface area contributed by atoms with Crippen molar-refractivity contribution in [2.24, 2.45) is 17.8 Å². The SMILES string of the molecule is O=C(N[C@H]1C[C@H]2CN(Cc3ccccn3)C[C@H]2C[C@@H]1OCC1CC1)c1ccnnc1.O=CO. The van der Waals surface area contributed by atoms with Gasteiger partial charge < -0.3 is 15.2 Å². The lowest BCUT2D eigenvalue weighted by molar-refractivity contribution is -0.122. The van der Waals surface area contributed by atoms with Gasteiger partial charge >= 0.3 is 0 Å². The minimum Gasteiger partial charge on any atom is -0.483 e. The molecule has 1 aliphatic heterocycles. The highest BCUT2D eigenvalue weighted by Gasteiger charge is 2.43. The molecule has 2 aromatic heterocycles. The summed E-state index contributed by atoms with van der Waals surface area (Å²) >= 11 is 0. The van der Waals surface area contributed by atoms with Gasteiger partial charge in [-0.2, -0.15) is 10.2 Å². The summed E-state index contributed by atoms with van der Waals surface area (Å²) in [6.45, 7) is 3.60. The second-order valence-electron chi connectivity index (χ2n) is 9.14. The molecule has 176 valence electrons. The highest BCUT2D eigenvalue weighted by atomic mass is 16.5. The molecule has 9 nitrogen and oxygen atoms in total. The number of hydrogen-bond acceptors (Lipinski definition) is 7. The van der Waals surface area contributed by atoms with Crippen LogP contribution in [0.3, 0.4) is 0 Å². The molecular formula is C24H31N5O4. The van der Waals surface area contributed by atoms with Gasteiger partial charge in [-0.15, -0.1) is 0 Å². The normalized spacial score (nSPS) is 26.5. The molecule has 3 aliphatic rings. The Balaban J connectivity index is 0.000000821. The van der Waals surface area contributed by atoms with E-state index in [0.29, 0.717) is 23.3 Å². The van der Waals surface area contributed by atoms with Crippen LogP contribution in [0.15, 0.2) is 42.9 Å². The van der Waals surface area contributed by atoms with E-state index in [4.69, 9.17) is 14.6 Å². The van der Waals surface area contributed by atoms with Crippen LogP contribution in [0.1, 0.15) is 41.7 Å². The van der Waals surface area contributed by atoms with E-state index >= 15 is 0 Å². The van der Waals surface area contributed by atoms with Crippen LogP contribution in [0.25, 0.3) is 0 Å². The van der Waals surface area contributed by atoms with Gasteiger partial charge in [0.25, 0.3) is 12.4 Å². The van der Waals surface area contributed by atoms with Crippen LogP contribution in [0.2, 0.25) is 0 Å². The van der Waals surface area contributed by atoms with Gasteiger partial charge in [0, 0.05) is 32.4 Å². The summed E-state index contributed by atoms with van der Waals surface area (Å²) in [5.41, 5.74) is 1.67. The van der Waals surface area contributed by atoms with E-state index in [1.165, 1.54) is 19.0 Å². The van der Waals surface area contributed by atoms with Crippen molar-refractivity contribution in [2.45, 2.75) is 44.4 Å². The lowest BCUT2D eigenvalue weighted by Crippen LogP contribution is -2.50. The monoisotopic (exact) mass is 453 g/mol. The first-order valence-electron chi connectivity index (χ1n) is 11.6. The molecule has 1 saturated heterocycles. The van der Waals surface area contributed by atoms with Gasteiger partial charge in [0.1, 0.15) is 0 Å². The van der Waals surface area contributed by atoms with Crippen molar-refractivity contribution in [1.82, 2.24) is 25.4 Å². The highest BCUT2D eigenvalue weighted by Crippen LogP contribution is 2.39. The molecule has 5 rings (SSSR count). The van der Waals surface area contributed by atoms with E-state index in [9.17, 15) is 4.79 Å². The topological polar surface area (TPSA) is 118 Å². The molecular weight excluding hydrogens is 422 g/mol. The number of carbonyl (C=O) groups is 2. The van der Waals surface area contributed by atoms with Crippen molar-refractivity contribution in [3.05, 3.63) is 54.1 Å². The first kappa shape index (κ1) is 23.3. The average molecular weight is 454 g/mol. The maximum atomic E-state index is 12.8. The van der Waals surface area contributed by atoms with Crippen LogP contribution < -0.4 is 5.32 Å². The Bertz CT molecular complexity index is 896. The van der Waals surface area contributed by atoms with Gasteiger partial charge in [-0.25, -0.2) is 0 Å². The van der Waals surface area contributed by atoms with Crippen LogP contribution in [0.4, 0.5) is 0 Å². The zero-order chi connectivity index (χ0) is 23.0. The third-order valence-corrected chi connectivity index (χ3v) is 6.71. The molecule has 0 unspecified atom stereocenters. The first-order valence-corrected chi connectivity index (χ1v) is 11.6. The summed E-state index contributed by atoms with van der Waals surface area (Å²) in [5.74, 6) is 1.83. The molecule has 2 aliphatic carbocycles. The van der Waals surface area contributed by atoms with Crippen LogP contribution in [-0.2, 0) is 16.1 Å². The molecule has 0 radical (unpaired) electrons. The first-order chi connectivity index (χ1) is 16.2. The molecule has 0 spiro atoms. The zero-order valence-electron chi connectivity index (χ0n) is 18.6. The summed E-state index contributed by atoms with van der Waals surface area (Å²) in [6.07, 6.45) is 9.54. The lowest BCUT2D eigenvalue weighted by atomic mass is 9.77. The molecule has 33 heavy (non-hydrogen) atoms. The molecule has 2 aromatic rings. The van der Waals surface area contributed by atoms with Gasteiger partial charge in [-0.3, -0.25) is 19.5 Å². The number of pyridine rings is 1. The Labute approximate surface area is 193 Å². The molecule has 9 heteroatoms. The Kier molecular flexibility index (Phi) is 7.96. The third kappa shape index (κ3) is 6.55. The molecule has 2 saturated carbocycles. The Morgan fingerprint density at radius 2 is 1.94 bits per heavy atom. The predicted molar refractivity (Wildman–Crippen MR) is 120 cm³/mol. The van der Waals surface area contributed by atoms with E-state index in [0.717, 1.165) is 44.8 Å². The van der Waals surface area contributed by atoms with E-state index in [1.54, 1.807) is 12.3 Å². The van der Waals surface area contributed by atoms with Crippen molar-refractivity contribution >= 4 is 12.4 Å². The van der Waals surface area contributed by atoms with Crippen LogP contribution >= 0.6 is 0 Å². The van der Waals surface area contributed by atoms with Crippen molar-refractivity contribution < 1.29 is 19.4 Å². The van der Waals surface area contributed by atoms with Crippen molar-refractivity contribution in [3.8, 4) is 0 Å². The Morgan fingerprint density at radius 1 is 1.15 bits per heavy atom. The largest absolute Gasteiger partial charge is 0.483 e. The van der Waals surface area contributed by atoms with E-state index in [1.807, 2.05) is 18.3 Å². The molecule has 2 N–H and O–H groups in total. The number of likely N-dealkylation sites (tertiary alicyclic amines) is 1. The van der Waals surface area contributed by atoms with Gasteiger partial charge in [0.15, 0.2) is 0 Å². The number of aromatic nitrogens is 3. The van der Waals surface area contributed by atoms with E-state index < -0.39 is 0 Å². The number of fused-ring (bicyclic) bond motifs is 1. The number of amides is 1. The molecule has 4 atom stereocenters. The Hall–Kier alpha value is -2.91. The third-order valence-electron chi connectivity index (χ3n) is 6.71. The summed E-state index contributed by atoms with van der Waals surface area (Å²) in [7, 11) is 0. The van der Waals surface area contributed by atoms with Crippen LogP contribution in [0.5, 0.6) is 0 Å². The molecule has 1 amide bonds. The second-order valence-corrected chi connectivity index (χ2v) is 9.14. The number of ether oxygens (including phenoxy) is 1. The van der Waals surface area contributed by atoms with Crippen molar-refractivity contribution in [1.29, 1.82) is 0 Å². The van der Waals surface area contributed by atoms with Crippen molar-refractivity contribution in [2.75, 3.05) is 19.7 Å². The van der Waals surface area contributed by atoms with Gasteiger partial charge in [-0.1, -0.05) is 6.07 Å². The second kappa shape index (κ2) is 11.3. The van der Waals surface area contributed by atoms with Crippen molar-refractivity contribution in [3.63, 3.8) is 0 Å². The number of carboxylic acid groups (broad SMARTS) is 1. The average Bonchev–Trinajstić information content (AvgIpc) is 3.58. The number of nitrogens with zero attached hydrogens (tertiary/aromatic N) is 4. The smallest absolute Gasteiger partial charge is 0.290 e. The maximum Gasteiger partial charge on any atom is 0.290 e. The minimum atomic E-state index is -0.250. The molecule has 3 heterocycles. The fourth-order valence-electron chi connectivity index (χ4n) is 4.92. The minimum absolute atomic E-state index is 0.0421. The number of nitrogens with one attached hydrogen (secondary N) is 1. The predicted octanol–water partition coefficient (Wildman–Crippen LogP) is 2.01. The number of rotatable bonds is 7. The maximum absolute atomic E-state index is 12.8. The molecule has 0 aromatic carbocycles. The zero-order valence-corrected chi connectivity index (χ0v) is 18.6. The number of carbonyl (C=O) groups excluding carboxylic acids is 1. The molecule has 0 bridgehead atoms. The summed E-state index contributed by atoms with van der Waals surface area (Å²) in [6, 6.07) is 7.85. The molecule has 3 fully saturated rings. The summed E-state index contributed by atoms with van der Waals surface area (Å²) in [5, 5.41) is 17.7. The fraction of sp³-hybridized carbons (Fsp3) is 0.542. The number of hydrogen-bond donors (Lipinski definition) is 2. The lowest BCUT2D eigenvalue weighted by Gasteiger charge is -2.38. The van der Waals surface area contributed by atoms with E-state index in [-0.39, 0.29) is 24.5 Å². The van der Waals surface area contributed by atoms with E-state index in [2.05, 4.69) is 31.5 Å². The summed E-state index contributed by atoms with van der Waals surface area (Å²) < 4.78 is 6.34. The Morgan fingerprint density at radius 3 is 2.61 bits per heavy atom. The van der Waals surface area contributed by atoms with Crippen LogP contribution in [-0.4, -0.2) is 69.4 Å².